The van der Waals surface area contributed by atoms with Crippen molar-refractivity contribution >= 4 is 44.3 Å². The zero-order valence-electron chi connectivity index (χ0n) is 18.7. The third-order valence-electron chi connectivity index (χ3n) is 6.61. The van der Waals surface area contributed by atoms with E-state index in [9.17, 15) is 14.7 Å². The lowest BCUT2D eigenvalue weighted by Crippen LogP contribution is -2.40. The number of amides is 1. The Hall–Kier alpha value is -4.04. The van der Waals surface area contributed by atoms with E-state index in [0.717, 1.165) is 26.7 Å². The van der Waals surface area contributed by atoms with Gasteiger partial charge in [0.05, 0.1) is 39.0 Å². The molecule has 0 atom stereocenters. The highest BCUT2D eigenvalue weighted by atomic mass is 32.1. The minimum Gasteiger partial charge on any atom is -0.481 e. The fraction of sp³-hybridized carbons (Fsp3) is 0.185. The molecule has 0 radical (unpaired) electrons. The summed E-state index contributed by atoms with van der Waals surface area (Å²) in [5.41, 5.74) is 6.58. The van der Waals surface area contributed by atoms with Crippen LogP contribution < -0.4 is 0 Å². The maximum Gasteiger partial charge on any atom is 0.306 e. The average Bonchev–Trinajstić information content (AvgIpc) is 3.59. The molecule has 8 heteroatoms. The number of thiazole rings is 1. The van der Waals surface area contributed by atoms with Crippen molar-refractivity contribution in [1.82, 2.24) is 14.9 Å². The van der Waals surface area contributed by atoms with Crippen LogP contribution in [-0.4, -0.2) is 44.9 Å². The van der Waals surface area contributed by atoms with Crippen LogP contribution in [0.25, 0.3) is 43.7 Å². The number of carbonyl (C=O) groups excluding carboxylic acids is 1. The lowest BCUT2D eigenvalue weighted by molar-refractivity contribution is -0.143. The van der Waals surface area contributed by atoms with Crippen molar-refractivity contribution in [3.63, 3.8) is 0 Å². The van der Waals surface area contributed by atoms with Gasteiger partial charge in [0.1, 0.15) is 5.69 Å². The molecule has 35 heavy (non-hydrogen) atoms. The van der Waals surface area contributed by atoms with E-state index in [2.05, 4.69) is 23.2 Å². The summed E-state index contributed by atoms with van der Waals surface area (Å²) in [7, 11) is 0. The van der Waals surface area contributed by atoms with Gasteiger partial charge in [0.25, 0.3) is 5.91 Å². The molecule has 0 spiro atoms. The molecule has 0 unspecified atom stereocenters. The van der Waals surface area contributed by atoms with Gasteiger partial charge in [-0.25, -0.2) is 9.97 Å². The Morgan fingerprint density at radius 2 is 1.80 bits per heavy atom. The molecule has 1 N–H and O–H groups in total. The number of carboxylic acid groups (broad SMARTS) is 1. The molecule has 0 saturated carbocycles. The van der Waals surface area contributed by atoms with E-state index in [1.165, 1.54) is 0 Å². The summed E-state index contributed by atoms with van der Waals surface area (Å²) < 4.78 is 6.68. The number of pyridine rings is 1. The van der Waals surface area contributed by atoms with Gasteiger partial charge in [-0.2, -0.15) is 0 Å². The molecular weight excluding hydrogens is 462 g/mol. The molecule has 1 fully saturated rings. The minimum absolute atomic E-state index is 0.124. The Kier molecular flexibility index (Phi) is 5.30. The molecule has 1 aliphatic heterocycles. The normalized spacial score (nSPS) is 14.6. The lowest BCUT2D eigenvalue weighted by Gasteiger charge is -2.30. The van der Waals surface area contributed by atoms with E-state index < -0.39 is 11.9 Å². The summed E-state index contributed by atoms with van der Waals surface area (Å²) in [6.07, 6.45) is 2.49. The molecule has 174 valence electrons. The zero-order valence-corrected chi connectivity index (χ0v) is 19.5. The molecule has 1 saturated heterocycles. The molecule has 1 aliphatic rings. The molecule has 7 nitrogen and oxygen atoms in total. The zero-order chi connectivity index (χ0) is 23.9. The van der Waals surface area contributed by atoms with Gasteiger partial charge < -0.3 is 14.4 Å². The summed E-state index contributed by atoms with van der Waals surface area (Å²) in [5.74, 6) is -0.739. The summed E-state index contributed by atoms with van der Waals surface area (Å²) in [4.78, 5) is 36.0. The lowest BCUT2D eigenvalue weighted by atomic mass is 9.95. The Balaban J connectivity index is 1.45. The van der Waals surface area contributed by atoms with Crippen molar-refractivity contribution in [2.75, 3.05) is 13.1 Å². The van der Waals surface area contributed by atoms with Crippen LogP contribution >= 0.6 is 11.3 Å². The quantitative estimate of drug-likeness (QED) is 0.352. The molecule has 6 rings (SSSR count). The number of rotatable bonds is 4. The largest absolute Gasteiger partial charge is 0.481 e. The highest BCUT2D eigenvalue weighted by Crippen LogP contribution is 2.32. The van der Waals surface area contributed by atoms with Gasteiger partial charge in [0.2, 0.25) is 0 Å². The molecule has 0 bridgehead atoms. The molecule has 2 aromatic carbocycles. The second kappa shape index (κ2) is 8.63. The number of carboxylic acids is 1. The number of fused-ring (bicyclic) bond motifs is 2. The third-order valence-corrected chi connectivity index (χ3v) is 7.42. The molecular formula is C27H21N3O4S. The van der Waals surface area contributed by atoms with Gasteiger partial charge in [-0.1, -0.05) is 12.1 Å². The van der Waals surface area contributed by atoms with E-state index in [1.807, 2.05) is 29.8 Å². The number of hydrogen-bond donors (Lipinski definition) is 1. The number of nitrogens with zero attached hydrogens (tertiary/aromatic N) is 3. The topological polar surface area (TPSA) is 96.5 Å². The van der Waals surface area contributed by atoms with E-state index in [-0.39, 0.29) is 5.91 Å². The number of aromatic nitrogens is 2. The number of piperidine rings is 1. The Morgan fingerprint density at radius 3 is 2.57 bits per heavy atom. The summed E-state index contributed by atoms with van der Waals surface area (Å²) in [5, 5.41) is 10.1. The Bertz CT molecular complexity index is 1570. The first kappa shape index (κ1) is 21.5. The fourth-order valence-electron chi connectivity index (χ4n) is 4.67. The van der Waals surface area contributed by atoms with Crippen LogP contribution in [0.15, 0.2) is 70.8 Å². The molecule has 0 aliphatic carbocycles. The summed E-state index contributed by atoms with van der Waals surface area (Å²) in [6.45, 7) is 0.825. The number of benzene rings is 2. The Morgan fingerprint density at radius 1 is 1.00 bits per heavy atom. The molecule has 3 aromatic heterocycles. The first-order chi connectivity index (χ1) is 17.1. The van der Waals surface area contributed by atoms with Gasteiger partial charge in [0.15, 0.2) is 5.76 Å². The molecule has 4 heterocycles. The van der Waals surface area contributed by atoms with Crippen LogP contribution in [0.4, 0.5) is 0 Å². The molecule has 5 aromatic rings. The number of aliphatic carboxylic acids is 1. The number of hydrogen-bond acceptors (Lipinski definition) is 6. The monoisotopic (exact) mass is 483 g/mol. The summed E-state index contributed by atoms with van der Waals surface area (Å²) in [6, 6.07) is 17.5. The van der Waals surface area contributed by atoms with Crippen LogP contribution in [-0.2, 0) is 4.79 Å². The standard InChI is InChI=1S/C27H21N3O4S/c31-26(30-9-7-16(8-10-30)27(32)33)20-14-22(24-2-1-11-34-24)29-21-5-3-17(12-19(20)21)18-4-6-25-23(13-18)28-15-35-25/h1-6,11-16H,7-10H2,(H,32,33). The number of carbonyl (C=O) groups is 2. The van der Waals surface area contributed by atoms with Crippen molar-refractivity contribution in [2.45, 2.75) is 12.8 Å². The van der Waals surface area contributed by atoms with Crippen LogP contribution in [0.3, 0.4) is 0 Å². The van der Waals surface area contributed by atoms with Crippen molar-refractivity contribution in [2.24, 2.45) is 5.92 Å². The highest BCUT2D eigenvalue weighted by molar-refractivity contribution is 7.16. The van der Waals surface area contributed by atoms with Crippen LogP contribution in [0.2, 0.25) is 0 Å². The average molecular weight is 484 g/mol. The minimum atomic E-state index is -0.798. The third kappa shape index (κ3) is 3.95. The summed E-state index contributed by atoms with van der Waals surface area (Å²) >= 11 is 1.60. The van der Waals surface area contributed by atoms with E-state index in [4.69, 9.17) is 9.40 Å². The maximum absolute atomic E-state index is 13.7. The predicted molar refractivity (Wildman–Crippen MR) is 134 cm³/mol. The predicted octanol–water partition coefficient (Wildman–Crippen LogP) is 5.71. The highest BCUT2D eigenvalue weighted by Gasteiger charge is 2.29. The first-order valence-corrected chi connectivity index (χ1v) is 12.3. The van der Waals surface area contributed by atoms with Gasteiger partial charge >= 0.3 is 5.97 Å². The van der Waals surface area contributed by atoms with Crippen molar-refractivity contribution in [1.29, 1.82) is 0 Å². The Labute approximate surface area is 204 Å². The van der Waals surface area contributed by atoms with Crippen LogP contribution in [0.1, 0.15) is 23.2 Å². The second-order valence-electron chi connectivity index (χ2n) is 8.70. The van der Waals surface area contributed by atoms with Gasteiger partial charge in [-0.3, -0.25) is 9.59 Å². The van der Waals surface area contributed by atoms with Gasteiger partial charge in [0, 0.05) is 18.5 Å². The SMILES string of the molecule is O=C(O)C1CCN(C(=O)c2cc(-c3ccco3)nc3ccc(-c4ccc5scnc5c4)cc23)CC1. The maximum atomic E-state index is 13.7. The first-order valence-electron chi connectivity index (χ1n) is 11.4. The van der Waals surface area contributed by atoms with E-state index in [0.29, 0.717) is 48.5 Å². The van der Waals surface area contributed by atoms with Crippen LogP contribution in [0, 0.1) is 5.92 Å². The van der Waals surface area contributed by atoms with E-state index >= 15 is 0 Å². The number of likely N-dealkylation sites (tertiary alicyclic amines) is 1. The van der Waals surface area contributed by atoms with Crippen molar-refractivity contribution in [3.8, 4) is 22.6 Å². The van der Waals surface area contributed by atoms with Gasteiger partial charge in [-0.05, 0) is 66.4 Å². The van der Waals surface area contributed by atoms with E-state index in [1.54, 1.807) is 34.6 Å². The molecule has 1 amide bonds. The van der Waals surface area contributed by atoms with Gasteiger partial charge in [-0.15, -0.1) is 11.3 Å². The second-order valence-corrected chi connectivity index (χ2v) is 9.59. The smallest absolute Gasteiger partial charge is 0.306 e. The van der Waals surface area contributed by atoms with Crippen LogP contribution in [0.5, 0.6) is 0 Å². The fourth-order valence-corrected chi connectivity index (χ4v) is 5.33. The van der Waals surface area contributed by atoms with Crippen molar-refractivity contribution < 1.29 is 19.1 Å². The number of furan rings is 1. The van der Waals surface area contributed by atoms with Crippen molar-refractivity contribution in [3.05, 3.63) is 71.9 Å².